The number of halogens is 1. The Kier molecular flexibility index (Phi) is 4.45. The van der Waals surface area contributed by atoms with E-state index in [9.17, 15) is 14.0 Å². The third-order valence-corrected chi connectivity index (χ3v) is 4.25. The molecule has 0 saturated heterocycles. The number of aromatic carboxylic acids is 1. The molecule has 3 unspecified atom stereocenters. The number of benzene rings is 1. The maximum absolute atomic E-state index is 13.7. The van der Waals surface area contributed by atoms with Gasteiger partial charge < -0.3 is 15.7 Å². The maximum Gasteiger partial charge on any atom is 0.335 e. The summed E-state index contributed by atoms with van der Waals surface area (Å²) in [6, 6.07) is 3.00. The van der Waals surface area contributed by atoms with Gasteiger partial charge in [0.2, 0.25) is 0 Å². The van der Waals surface area contributed by atoms with Gasteiger partial charge in [-0.25, -0.2) is 14.0 Å². The van der Waals surface area contributed by atoms with Gasteiger partial charge in [0.15, 0.2) is 0 Å². The number of amides is 2. The van der Waals surface area contributed by atoms with Gasteiger partial charge in [-0.15, -0.1) is 0 Å². The lowest BCUT2D eigenvalue weighted by atomic mass is 9.98. The Labute approximate surface area is 122 Å². The predicted octanol–water partition coefficient (Wildman–Crippen LogP) is 3.08. The Morgan fingerprint density at radius 3 is 2.52 bits per heavy atom. The maximum atomic E-state index is 13.7. The van der Waals surface area contributed by atoms with Crippen molar-refractivity contribution in [2.45, 2.75) is 32.7 Å². The van der Waals surface area contributed by atoms with Crippen LogP contribution in [0.1, 0.15) is 37.0 Å². The van der Waals surface area contributed by atoms with Crippen LogP contribution in [0.25, 0.3) is 0 Å². The van der Waals surface area contributed by atoms with E-state index in [-0.39, 0.29) is 17.3 Å². The summed E-state index contributed by atoms with van der Waals surface area (Å²) in [5, 5.41) is 14.0. The van der Waals surface area contributed by atoms with Crippen LogP contribution in [0.3, 0.4) is 0 Å². The van der Waals surface area contributed by atoms with Crippen molar-refractivity contribution in [3.63, 3.8) is 0 Å². The second kappa shape index (κ2) is 6.11. The largest absolute Gasteiger partial charge is 0.478 e. The molecule has 0 radical (unpaired) electrons. The second-order valence-electron chi connectivity index (χ2n) is 5.62. The number of hydrogen-bond donors (Lipinski definition) is 3. The molecule has 1 aliphatic carbocycles. The van der Waals surface area contributed by atoms with Gasteiger partial charge >= 0.3 is 12.0 Å². The lowest BCUT2D eigenvalue weighted by molar-refractivity contribution is 0.0696. The Morgan fingerprint density at radius 1 is 1.29 bits per heavy atom. The van der Waals surface area contributed by atoms with E-state index < -0.39 is 17.8 Å². The van der Waals surface area contributed by atoms with Gasteiger partial charge in [0.05, 0.1) is 11.3 Å². The van der Waals surface area contributed by atoms with Crippen LogP contribution in [-0.4, -0.2) is 23.1 Å². The molecule has 0 spiro atoms. The van der Waals surface area contributed by atoms with Crippen LogP contribution in [0.15, 0.2) is 18.2 Å². The Bertz CT molecular complexity index is 562. The number of carboxylic acid groups (broad SMARTS) is 1. The fourth-order valence-corrected chi connectivity index (χ4v) is 2.64. The molecule has 1 aliphatic rings. The SMILES string of the molecule is CC1CCC(NC(=O)Nc2ccc(C(=O)O)cc2F)C1C. The zero-order valence-corrected chi connectivity index (χ0v) is 12.0. The smallest absolute Gasteiger partial charge is 0.335 e. The standard InChI is InChI=1S/C15H19FN2O3/c1-8-3-5-12(9(8)2)17-15(21)18-13-6-4-10(14(19)20)7-11(13)16/h4,6-9,12H,3,5H2,1-2H3,(H,19,20)(H2,17,18,21). The first kappa shape index (κ1) is 15.3. The van der Waals surface area contributed by atoms with Crippen LogP contribution in [-0.2, 0) is 0 Å². The highest BCUT2D eigenvalue weighted by Gasteiger charge is 2.30. The normalized spacial score (nSPS) is 24.6. The number of carbonyl (C=O) groups excluding carboxylic acids is 1. The molecule has 2 rings (SSSR count). The topological polar surface area (TPSA) is 78.4 Å². The number of anilines is 1. The fraction of sp³-hybridized carbons (Fsp3) is 0.467. The van der Waals surface area contributed by atoms with E-state index in [4.69, 9.17) is 5.11 Å². The molecule has 3 atom stereocenters. The molecule has 0 bridgehead atoms. The van der Waals surface area contributed by atoms with Crippen LogP contribution < -0.4 is 10.6 Å². The number of nitrogens with one attached hydrogen (secondary N) is 2. The highest BCUT2D eigenvalue weighted by Crippen LogP contribution is 2.31. The summed E-state index contributed by atoms with van der Waals surface area (Å²) in [7, 11) is 0. The van der Waals surface area contributed by atoms with E-state index in [2.05, 4.69) is 24.5 Å². The quantitative estimate of drug-likeness (QED) is 0.801. The van der Waals surface area contributed by atoms with Crippen LogP contribution >= 0.6 is 0 Å². The van der Waals surface area contributed by atoms with E-state index >= 15 is 0 Å². The highest BCUT2D eigenvalue weighted by molar-refractivity contribution is 5.91. The number of rotatable bonds is 3. The van der Waals surface area contributed by atoms with E-state index in [1.165, 1.54) is 12.1 Å². The van der Waals surface area contributed by atoms with Gasteiger partial charge in [-0.3, -0.25) is 0 Å². The lowest BCUT2D eigenvalue weighted by Gasteiger charge is -2.20. The van der Waals surface area contributed by atoms with E-state index in [0.717, 1.165) is 18.9 Å². The third-order valence-electron chi connectivity index (χ3n) is 4.25. The fourth-order valence-electron chi connectivity index (χ4n) is 2.64. The van der Waals surface area contributed by atoms with Crippen LogP contribution in [0.5, 0.6) is 0 Å². The molecular weight excluding hydrogens is 275 g/mol. The summed E-state index contributed by atoms with van der Waals surface area (Å²) in [4.78, 5) is 22.6. The molecule has 2 amide bonds. The van der Waals surface area contributed by atoms with E-state index in [0.29, 0.717) is 11.8 Å². The predicted molar refractivity (Wildman–Crippen MR) is 76.9 cm³/mol. The second-order valence-corrected chi connectivity index (χ2v) is 5.62. The highest BCUT2D eigenvalue weighted by atomic mass is 19.1. The average molecular weight is 294 g/mol. The molecule has 1 fully saturated rings. The first-order chi connectivity index (χ1) is 9.88. The summed E-state index contributed by atoms with van der Waals surface area (Å²) < 4.78 is 13.7. The third kappa shape index (κ3) is 3.51. The van der Waals surface area contributed by atoms with Gasteiger partial charge in [-0.1, -0.05) is 13.8 Å². The first-order valence-electron chi connectivity index (χ1n) is 6.99. The summed E-state index contributed by atoms with van der Waals surface area (Å²) in [5.74, 6) is -1.03. The van der Waals surface area contributed by atoms with Gasteiger partial charge in [-0.2, -0.15) is 0 Å². The summed E-state index contributed by atoms with van der Waals surface area (Å²) >= 11 is 0. The lowest BCUT2D eigenvalue weighted by Crippen LogP contribution is -2.40. The molecule has 6 heteroatoms. The van der Waals surface area contributed by atoms with E-state index in [1.54, 1.807) is 0 Å². The minimum Gasteiger partial charge on any atom is -0.478 e. The Hall–Kier alpha value is -2.11. The van der Waals surface area contributed by atoms with Gasteiger partial charge in [0, 0.05) is 6.04 Å². The van der Waals surface area contributed by atoms with Gasteiger partial charge in [-0.05, 0) is 42.9 Å². The van der Waals surface area contributed by atoms with E-state index in [1.807, 2.05) is 0 Å². The summed E-state index contributed by atoms with van der Waals surface area (Å²) in [5.41, 5.74) is -0.187. The number of urea groups is 1. The van der Waals surface area contributed by atoms with Crippen LogP contribution in [0.4, 0.5) is 14.9 Å². The number of hydrogen-bond acceptors (Lipinski definition) is 2. The minimum atomic E-state index is -1.21. The van der Waals surface area contributed by atoms with Gasteiger partial charge in [0.1, 0.15) is 5.82 Å². The minimum absolute atomic E-state index is 0.0313. The molecule has 5 nitrogen and oxygen atoms in total. The number of carboxylic acids is 1. The zero-order chi connectivity index (χ0) is 15.6. The monoisotopic (exact) mass is 294 g/mol. The van der Waals surface area contributed by atoms with Crippen molar-refractivity contribution >= 4 is 17.7 Å². The molecule has 0 heterocycles. The summed E-state index contributed by atoms with van der Waals surface area (Å²) in [6.45, 7) is 4.24. The molecule has 0 aromatic heterocycles. The molecule has 1 aromatic rings. The van der Waals surface area contributed by atoms with Crippen LogP contribution in [0, 0.1) is 17.7 Å². The molecule has 1 aromatic carbocycles. The number of carbonyl (C=O) groups is 2. The van der Waals surface area contributed by atoms with Crippen molar-refractivity contribution in [3.05, 3.63) is 29.6 Å². The Morgan fingerprint density at radius 2 is 2.00 bits per heavy atom. The Balaban J connectivity index is 1.98. The van der Waals surface area contributed by atoms with Crippen LogP contribution in [0.2, 0.25) is 0 Å². The average Bonchev–Trinajstić information content (AvgIpc) is 2.73. The van der Waals surface area contributed by atoms with Gasteiger partial charge in [0.25, 0.3) is 0 Å². The molecule has 21 heavy (non-hydrogen) atoms. The summed E-state index contributed by atoms with van der Waals surface area (Å²) in [6.07, 6.45) is 1.98. The van der Waals surface area contributed by atoms with Crippen molar-refractivity contribution < 1.29 is 19.1 Å². The molecule has 0 aliphatic heterocycles. The molecule has 3 N–H and O–H groups in total. The van der Waals surface area contributed by atoms with Crippen molar-refractivity contribution in [3.8, 4) is 0 Å². The molecule has 114 valence electrons. The van der Waals surface area contributed by atoms with Crippen molar-refractivity contribution in [1.29, 1.82) is 0 Å². The first-order valence-corrected chi connectivity index (χ1v) is 6.99. The van der Waals surface area contributed by atoms with Crippen molar-refractivity contribution in [2.75, 3.05) is 5.32 Å². The molecular formula is C15H19FN2O3. The zero-order valence-electron chi connectivity index (χ0n) is 12.0. The van der Waals surface area contributed by atoms with Crippen molar-refractivity contribution in [1.82, 2.24) is 5.32 Å². The van der Waals surface area contributed by atoms with Crippen molar-refractivity contribution in [2.24, 2.45) is 11.8 Å². The molecule has 1 saturated carbocycles.